The Morgan fingerprint density at radius 1 is 1.21 bits per heavy atom. The molecule has 0 bridgehead atoms. The Labute approximate surface area is 121 Å². The second-order valence-corrected chi connectivity index (χ2v) is 7.05. The number of hydrogen-bond acceptors (Lipinski definition) is 3. The van der Waals surface area contributed by atoms with Crippen LogP contribution in [0.1, 0.15) is 45.6 Å². The second kappa shape index (κ2) is 7.32. The fourth-order valence-electron chi connectivity index (χ4n) is 1.80. The molecular weight excluding hydrogens is 254 g/mol. The first-order valence-electron chi connectivity index (χ1n) is 7.02. The van der Waals surface area contributed by atoms with Crippen LogP contribution in [0, 0.1) is 5.92 Å². The van der Waals surface area contributed by atoms with Crippen molar-refractivity contribution < 1.29 is 5.11 Å². The van der Waals surface area contributed by atoms with Crippen molar-refractivity contribution >= 4 is 11.8 Å². The molecule has 0 aliphatic heterocycles. The maximum Gasteiger partial charge on any atom is 0.0806 e. The summed E-state index contributed by atoms with van der Waals surface area (Å²) in [7, 11) is 0. The minimum Gasteiger partial charge on any atom is -0.388 e. The van der Waals surface area contributed by atoms with E-state index in [0.717, 1.165) is 17.2 Å². The van der Waals surface area contributed by atoms with E-state index in [1.54, 1.807) is 6.92 Å². The first-order valence-corrected chi connectivity index (χ1v) is 8.00. The average Bonchev–Trinajstić information content (AvgIpc) is 2.38. The van der Waals surface area contributed by atoms with Gasteiger partial charge in [-0.2, -0.15) is 0 Å². The molecule has 0 heterocycles. The van der Waals surface area contributed by atoms with E-state index in [-0.39, 0.29) is 12.5 Å². The summed E-state index contributed by atoms with van der Waals surface area (Å²) in [5, 5.41) is 10.2. The van der Waals surface area contributed by atoms with E-state index in [1.165, 1.54) is 11.3 Å². The Balaban J connectivity index is 2.61. The molecule has 0 amide bonds. The molecule has 2 unspecified atom stereocenters. The molecule has 19 heavy (non-hydrogen) atoms. The Morgan fingerprint density at radius 3 is 2.26 bits per heavy atom. The van der Waals surface area contributed by atoms with Crippen molar-refractivity contribution in [3.8, 4) is 0 Å². The van der Waals surface area contributed by atoms with E-state index in [0.29, 0.717) is 0 Å². The number of hydrogen-bond donors (Lipinski definition) is 2. The zero-order valence-corrected chi connectivity index (χ0v) is 13.3. The van der Waals surface area contributed by atoms with Gasteiger partial charge >= 0.3 is 0 Å². The van der Waals surface area contributed by atoms with Gasteiger partial charge in [0.2, 0.25) is 0 Å². The van der Waals surface area contributed by atoms with Crippen molar-refractivity contribution in [3.05, 3.63) is 29.8 Å². The smallest absolute Gasteiger partial charge is 0.0806 e. The predicted molar refractivity (Wildman–Crippen MR) is 84.7 cm³/mol. The molecule has 0 fully saturated rings. The van der Waals surface area contributed by atoms with Gasteiger partial charge in [-0.3, -0.25) is 0 Å². The first kappa shape index (κ1) is 16.5. The highest BCUT2D eigenvalue weighted by molar-refractivity contribution is 7.99. The second-order valence-electron chi connectivity index (χ2n) is 5.88. The molecule has 0 saturated heterocycles. The Kier molecular flexibility index (Phi) is 6.37. The summed E-state index contributed by atoms with van der Waals surface area (Å²) in [6, 6.07) is 8.49. The van der Waals surface area contributed by atoms with Gasteiger partial charge in [0.1, 0.15) is 0 Å². The number of thioether (sulfide) groups is 1. The molecule has 2 nitrogen and oxygen atoms in total. The maximum absolute atomic E-state index is 10.2. The molecule has 0 aliphatic carbocycles. The standard InChI is InChI=1S/C16H27NOS/c1-12(2)9-10-19-15-7-5-14(6-8-15)13(3)16(4,18)11-17/h5-8,12-13,18H,9-11,17H2,1-4H3. The van der Waals surface area contributed by atoms with Crippen LogP contribution in [0.5, 0.6) is 0 Å². The van der Waals surface area contributed by atoms with Crippen LogP contribution in [-0.4, -0.2) is 23.0 Å². The summed E-state index contributed by atoms with van der Waals surface area (Å²) in [6.45, 7) is 8.59. The van der Waals surface area contributed by atoms with E-state index in [2.05, 4.69) is 38.1 Å². The van der Waals surface area contributed by atoms with Crippen molar-refractivity contribution in [2.75, 3.05) is 12.3 Å². The Morgan fingerprint density at radius 2 is 1.79 bits per heavy atom. The lowest BCUT2D eigenvalue weighted by Gasteiger charge is -2.29. The fraction of sp³-hybridized carbons (Fsp3) is 0.625. The van der Waals surface area contributed by atoms with Gasteiger partial charge < -0.3 is 10.8 Å². The molecule has 0 saturated carbocycles. The van der Waals surface area contributed by atoms with Crippen LogP contribution in [0.3, 0.4) is 0 Å². The number of nitrogens with two attached hydrogens (primary N) is 1. The third-order valence-electron chi connectivity index (χ3n) is 3.69. The normalized spacial score (nSPS) is 16.4. The largest absolute Gasteiger partial charge is 0.388 e. The highest BCUT2D eigenvalue weighted by atomic mass is 32.2. The average molecular weight is 281 g/mol. The van der Waals surface area contributed by atoms with Gasteiger partial charge in [0.15, 0.2) is 0 Å². The van der Waals surface area contributed by atoms with E-state index in [1.807, 2.05) is 18.7 Å². The summed E-state index contributed by atoms with van der Waals surface area (Å²) in [5.74, 6) is 1.96. The Bertz CT molecular complexity index is 373. The topological polar surface area (TPSA) is 46.2 Å². The Hall–Kier alpha value is -0.510. The van der Waals surface area contributed by atoms with E-state index in [4.69, 9.17) is 5.73 Å². The van der Waals surface area contributed by atoms with Crippen molar-refractivity contribution in [1.82, 2.24) is 0 Å². The monoisotopic (exact) mass is 281 g/mol. The van der Waals surface area contributed by atoms with E-state index in [9.17, 15) is 5.11 Å². The zero-order chi connectivity index (χ0) is 14.5. The molecule has 0 aromatic heterocycles. The third kappa shape index (κ3) is 5.17. The molecule has 1 aromatic rings. The summed E-state index contributed by atoms with van der Waals surface area (Å²) in [4.78, 5) is 1.30. The zero-order valence-electron chi connectivity index (χ0n) is 12.5. The predicted octanol–water partition coefficient (Wildman–Crippen LogP) is 3.64. The van der Waals surface area contributed by atoms with Crippen molar-refractivity contribution in [3.63, 3.8) is 0 Å². The molecule has 2 atom stereocenters. The molecule has 108 valence electrons. The fourth-order valence-corrected chi connectivity index (χ4v) is 2.95. The number of benzene rings is 1. The first-order chi connectivity index (χ1) is 8.86. The van der Waals surface area contributed by atoms with Gasteiger partial charge in [-0.1, -0.05) is 32.9 Å². The highest BCUT2D eigenvalue weighted by Gasteiger charge is 2.27. The molecule has 3 heteroatoms. The summed E-state index contributed by atoms with van der Waals surface area (Å²) >= 11 is 1.90. The van der Waals surface area contributed by atoms with Crippen molar-refractivity contribution in [2.24, 2.45) is 11.7 Å². The summed E-state index contributed by atoms with van der Waals surface area (Å²) in [6.07, 6.45) is 1.24. The molecule has 1 rings (SSSR count). The van der Waals surface area contributed by atoms with E-state index >= 15 is 0 Å². The molecule has 3 N–H and O–H groups in total. The van der Waals surface area contributed by atoms with Crippen LogP contribution in [0.15, 0.2) is 29.2 Å². The van der Waals surface area contributed by atoms with Crippen molar-refractivity contribution in [2.45, 2.75) is 50.5 Å². The van der Waals surface area contributed by atoms with Gasteiger partial charge in [-0.05, 0) is 42.7 Å². The summed E-state index contributed by atoms with van der Waals surface area (Å²) in [5.41, 5.74) is 5.92. The van der Waals surface area contributed by atoms with Crippen LogP contribution in [0.2, 0.25) is 0 Å². The van der Waals surface area contributed by atoms with Crippen LogP contribution in [0.25, 0.3) is 0 Å². The lowest BCUT2D eigenvalue weighted by Crippen LogP contribution is -2.39. The van der Waals surface area contributed by atoms with Crippen LogP contribution < -0.4 is 5.73 Å². The molecular formula is C16H27NOS. The minimum absolute atomic E-state index is 0.0483. The van der Waals surface area contributed by atoms with Gasteiger partial charge in [0.25, 0.3) is 0 Å². The molecule has 0 spiro atoms. The van der Waals surface area contributed by atoms with Gasteiger partial charge in [-0.25, -0.2) is 0 Å². The SMILES string of the molecule is CC(C)CCSc1ccc(C(C)C(C)(O)CN)cc1. The van der Waals surface area contributed by atoms with Gasteiger partial charge in [-0.15, -0.1) is 11.8 Å². The molecule has 0 radical (unpaired) electrons. The lowest BCUT2D eigenvalue weighted by molar-refractivity contribution is 0.0451. The highest BCUT2D eigenvalue weighted by Crippen LogP contribution is 2.29. The third-order valence-corrected chi connectivity index (χ3v) is 4.74. The maximum atomic E-state index is 10.2. The van der Waals surface area contributed by atoms with Gasteiger partial charge in [0.05, 0.1) is 5.60 Å². The quantitative estimate of drug-likeness (QED) is 0.750. The minimum atomic E-state index is -0.841. The van der Waals surface area contributed by atoms with Crippen molar-refractivity contribution in [1.29, 1.82) is 0 Å². The van der Waals surface area contributed by atoms with Crippen LogP contribution in [0.4, 0.5) is 0 Å². The number of aliphatic hydroxyl groups is 1. The van der Waals surface area contributed by atoms with E-state index < -0.39 is 5.60 Å². The molecule has 1 aromatic carbocycles. The van der Waals surface area contributed by atoms with Crippen LogP contribution >= 0.6 is 11.8 Å². The molecule has 0 aliphatic rings. The lowest BCUT2D eigenvalue weighted by atomic mass is 9.85. The van der Waals surface area contributed by atoms with Crippen LogP contribution in [-0.2, 0) is 0 Å². The van der Waals surface area contributed by atoms with Gasteiger partial charge in [0, 0.05) is 17.4 Å². The number of rotatable bonds is 7. The summed E-state index contributed by atoms with van der Waals surface area (Å²) < 4.78 is 0.